The number of fused-ring (bicyclic) bond motifs is 1. The van der Waals surface area contributed by atoms with Crippen LogP contribution in [0, 0.1) is 0 Å². The SMILES string of the molecule is O=C(COC(=O)c1ccc2c(c1)CCC2)NCCc1ccccc1. The Bertz CT molecular complexity index is 725. The number of nitrogens with one attached hydrogen (secondary N) is 1. The topological polar surface area (TPSA) is 55.4 Å². The number of aryl methyl sites for hydroxylation is 2. The summed E-state index contributed by atoms with van der Waals surface area (Å²) in [7, 11) is 0. The van der Waals surface area contributed by atoms with E-state index in [2.05, 4.69) is 5.32 Å². The van der Waals surface area contributed by atoms with E-state index in [-0.39, 0.29) is 12.5 Å². The molecule has 4 heteroatoms. The van der Waals surface area contributed by atoms with E-state index in [9.17, 15) is 9.59 Å². The van der Waals surface area contributed by atoms with Crippen LogP contribution in [0.1, 0.15) is 33.5 Å². The summed E-state index contributed by atoms with van der Waals surface area (Å²) in [5.74, 6) is -0.719. The fourth-order valence-corrected chi connectivity index (χ4v) is 2.96. The van der Waals surface area contributed by atoms with Crippen molar-refractivity contribution in [2.45, 2.75) is 25.7 Å². The van der Waals surface area contributed by atoms with E-state index >= 15 is 0 Å². The van der Waals surface area contributed by atoms with Crippen molar-refractivity contribution in [3.05, 3.63) is 70.8 Å². The van der Waals surface area contributed by atoms with Gasteiger partial charge >= 0.3 is 5.97 Å². The monoisotopic (exact) mass is 323 g/mol. The Morgan fingerprint density at radius 1 is 1.00 bits per heavy atom. The minimum atomic E-state index is -0.442. The van der Waals surface area contributed by atoms with E-state index in [0.29, 0.717) is 12.1 Å². The average molecular weight is 323 g/mol. The van der Waals surface area contributed by atoms with E-state index in [1.165, 1.54) is 11.1 Å². The van der Waals surface area contributed by atoms with Gasteiger partial charge in [-0.1, -0.05) is 36.4 Å². The van der Waals surface area contributed by atoms with Crippen LogP contribution >= 0.6 is 0 Å². The zero-order chi connectivity index (χ0) is 16.8. The highest BCUT2D eigenvalue weighted by Crippen LogP contribution is 2.23. The van der Waals surface area contributed by atoms with Crippen molar-refractivity contribution in [1.29, 1.82) is 0 Å². The molecular formula is C20H21NO3. The molecule has 0 radical (unpaired) electrons. The highest BCUT2D eigenvalue weighted by Gasteiger charge is 2.15. The van der Waals surface area contributed by atoms with E-state index in [4.69, 9.17) is 4.74 Å². The summed E-state index contributed by atoms with van der Waals surface area (Å²) in [6, 6.07) is 15.6. The van der Waals surface area contributed by atoms with Crippen molar-refractivity contribution in [3.8, 4) is 0 Å². The molecule has 0 bridgehead atoms. The first-order valence-electron chi connectivity index (χ1n) is 8.32. The summed E-state index contributed by atoms with van der Waals surface area (Å²) in [5, 5.41) is 2.76. The number of hydrogen-bond acceptors (Lipinski definition) is 3. The first-order valence-corrected chi connectivity index (χ1v) is 8.32. The van der Waals surface area contributed by atoms with Gasteiger partial charge in [-0.2, -0.15) is 0 Å². The van der Waals surface area contributed by atoms with Crippen molar-refractivity contribution in [3.63, 3.8) is 0 Å². The lowest BCUT2D eigenvalue weighted by atomic mass is 10.1. The molecule has 1 aliphatic rings. The van der Waals surface area contributed by atoms with Crippen molar-refractivity contribution < 1.29 is 14.3 Å². The second-order valence-electron chi connectivity index (χ2n) is 6.00. The molecule has 2 aromatic rings. The number of hydrogen-bond donors (Lipinski definition) is 1. The van der Waals surface area contributed by atoms with Gasteiger partial charge in [-0.25, -0.2) is 4.79 Å². The second-order valence-corrected chi connectivity index (χ2v) is 6.00. The quantitative estimate of drug-likeness (QED) is 0.832. The van der Waals surface area contributed by atoms with Crippen molar-refractivity contribution in [2.75, 3.05) is 13.2 Å². The highest BCUT2D eigenvalue weighted by atomic mass is 16.5. The number of carbonyl (C=O) groups excluding carboxylic acids is 2. The van der Waals surface area contributed by atoms with Crippen LogP contribution in [0.4, 0.5) is 0 Å². The Kier molecular flexibility index (Phi) is 5.26. The summed E-state index contributed by atoms with van der Waals surface area (Å²) in [4.78, 5) is 23.8. The molecule has 2 aromatic carbocycles. The van der Waals surface area contributed by atoms with Crippen molar-refractivity contribution in [2.24, 2.45) is 0 Å². The maximum Gasteiger partial charge on any atom is 0.338 e. The molecule has 0 spiro atoms. The van der Waals surface area contributed by atoms with Gasteiger partial charge in [0.15, 0.2) is 6.61 Å². The summed E-state index contributed by atoms with van der Waals surface area (Å²) >= 11 is 0. The van der Waals surface area contributed by atoms with E-state index in [1.807, 2.05) is 42.5 Å². The summed E-state index contributed by atoms with van der Waals surface area (Å²) in [6.45, 7) is 0.282. The molecule has 3 rings (SSSR count). The standard InChI is InChI=1S/C20H21NO3/c22-19(21-12-11-15-5-2-1-3-6-15)14-24-20(23)18-10-9-16-7-4-8-17(16)13-18/h1-3,5-6,9-10,13H,4,7-8,11-12,14H2,(H,21,22). The molecule has 1 N–H and O–H groups in total. The normalized spacial score (nSPS) is 12.5. The highest BCUT2D eigenvalue weighted by molar-refractivity contribution is 5.91. The molecular weight excluding hydrogens is 302 g/mol. The van der Waals surface area contributed by atoms with Gasteiger partial charge in [0.1, 0.15) is 0 Å². The Morgan fingerprint density at radius 2 is 1.79 bits per heavy atom. The summed E-state index contributed by atoms with van der Waals surface area (Å²) in [5.41, 5.74) is 4.21. The van der Waals surface area contributed by atoms with Gasteiger partial charge in [0.2, 0.25) is 0 Å². The molecule has 4 nitrogen and oxygen atoms in total. The molecule has 124 valence electrons. The maximum atomic E-state index is 12.0. The average Bonchev–Trinajstić information content (AvgIpc) is 3.08. The first kappa shape index (κ1) is 16.2. The third kappa shape index (κ3) is 4.22. The van der Waals surface area contributed by atoms with Gasteiger partial charge in [0.05, 0.1) is 5.56 Å². The van der Waals surface area contributed by atoms with Crippen LogP contribution in [0.15, 0.2) is 48.5 Å². The molecule has 0 heterocycles. The second kappa shape index (κ2) is 7.77. The zero-order valence-electron chi connectivity index (χ0n) is 13.6. The molecule has 0 aromatic heterocycles. The minimum Gasteiger partial charge on any atom is -0.452 e. The van der Waals surface area contributed by atoms with Crippen molar-refractivity contribution >= 4 is 11.9 Å². The van der Waals surface area contributed by atoms with Crippen LogP contribution in [-0.2, 0) is 28.8 Å². The van der Waals surface area contributed by atoms with Crippen LogP contribution in [0.2, 0.25) is 0 Å². The lowest BCUT2D eigenvalue weighted by Gasteiger charge is -2.08. The number of amides is 1. The van der Waals surface area contributed by atoms with Gasteiger partial charge in [-0.15, -0.1) is 0 Å². The van der Waals surface area contributed by atoms with Crippen molar-refractivity contribution in [1.82, 2.24) is 5.32 Å². The van der Waals surface area contributed by atoms with Crippen LogP contribution in [-0.4, -0.2) is 25.0 Å². The Hall–Kier alpha value is -2.62. The van der Waals surface area contributed by atoms with Crippen LogP contribution < -0.4 is 5.32 Å². The van der Waals surface area contributed by atoms with Crippen LogP contribution in [0.5, 0.6) is 0 Å². The van der Waals surface area contributed by atoms with Gasteiger partial charge in [-0.05, 0) is 54.5 Å². The lowest BCUT2D eigenvalue weighted by Crippen LogP contribution is -2.30. The molecule has 0 saturated carbocycles. The van der Waals surface area contributed by atoms with Gasteiger partial charge < -0.3 is 10.1 Å². The van der Waals surface area contributed by atoms with E-state index in [0.717, 1.165) is 31.2 Å². The molecule has 0 aliphatic heterocycles. The number of ether oxygens (including phenoxy) is 1. The predicted molar refractivity (Wildman–Crippen MR) is 91.9 cm³/mol. The molecule has 0 fully saturated rings. The lowest BCUT2D eigenvalue weighted by molar-refractivity contribution is -0.124. The first-order chi connectivity index (χ1) is 11.7. The third-order valence-corrected chi connectivity index (χ3v) is 4.25. The van der Waals surface area contributed by atoms with E-state index in [1.54, 1.807) is 6.07 Å². The van der Waals surface area contributed by atoms with Gasteiger partial charge in [0.25, 0.3) is 5.91 Å². The molecule has 24 heavy (non-hydrogen) atoms. The third-order valence-electron chi connectivity index (χ3n) is 4.25. The Labute approximate surface area is 141 Å². The number of esters is 1. The number of carbonyl (C=O) groups is 2. The fourth-order valence-electron chi connectivity index (χ4n) is 2.96. The Morgan fingerprint density at radius 3 is 2.62 bits per heavy atom. The molecule has 0 atom stereocenters. The van der Waals surface area contributed by atoms with E-state index < -0.39 is 5.97 Å². The number of rotatable bonds is 6. The van der Waals surface area contributed by atoms with Gasteiger partial charge in [-0.3, -0.25) is 4.79 Å². The molecule has 0 saturated heterocycles. The van der Waals surface area contributed by atoms with Crippen LogP contribution in [0.3, 0.4) is 0 Å². The minimum absolute atomic E-state index is 0.245. The number of benzene rings is 2. The predicted octanol–water partition coefficient (Wildman–Crippen LogP) is 2.69. The summed E-state index contributed by atoms with van der Waals surface area (Å²) in [6.07, 6.45) is 3.98. The summed E-state index contributed by atoms with van der Waals surface area (Å²) < 4.78 is 5.10. The molecule has 1 amide bonds. The molecule has 1 aliphatic carbocycles. The van der Waals surface area contributed by atoms with Crippen LogP contribution in [0.25, 0.3) is 0 Å². The molecule has 0 unspecified atom stereocenters. The van der Waals surface area contributed by atoms with Gasteiger partial charge in [0, 0.05) is 6.54 Å². The maximum absolute atomic E-state index is 12.0. The smallest absolute Gasteiger partial charge is 0.338 e. The fraction of sp³-hybridized carbons (Fsp3) is 0.300. The zero-order valence-corrected chi connectivity index (χ0v) is 13.6. The largest absolute Gasteiger partial charge is 0.452 e. The Balaban J connectivity index is 1.41.